The van der Waals surface area contributed by atoms with E-state index in [-0.39, 0.29) is 0 Å². The van der Waals surface area contributed by atoms with Crippen molar-refractivity contribution >= 4 is 40.1 Å². The summed E-state index contributed by atoms with van der Waals surface area (Å²) in [5, 5.41) is 18.3. The van der Waals surface area contributed by atoms with E-state index < -0.39 is 11.9 Å². The van der Waals surface area contributed by atoms with E-state index in [0.29, 0.717) is 23.0 Å². The third kappa shape index (κ3) is 2.31. The first-order chi connectivity index (χ1) is 11.6. The first kappa shape index (κ1) is 15.5. The zero-order valence-corrected chi connectivity index (χ0v) is 14.2. The lowest BCUT2D eigenvalue weighted by atomic mass is 10.00. The van der Waals surface area contributed by atoms with Crippen LogP contribution in [0, 0.1) is 5.92 Å². The van der Waals surface area contributed by atoms with Crippen molar-refractivity contribution in [2.75, 3.05) is 0 Å². The molecular formula is C17H15Cl2N3O2. The second-order valence-electron chi connectivity index (χ2n) is 6.10. The zero-order valence-electron chi connectivity index (χ0n) is 12.7. The van der Waals surface area contributed by atoms with E-state index >= 15 is 0 Å². The van der Waals surface area contributed by atoms with Crippen LogP contribution in [0.3, 0.4) is 0 Å². The van der Waals surface area contributed by atoms with E-state index in [4.69, 9.17) is 23.2 Å². The summed E-state index contributed by atoms with van der Waals surface area (Å²) in [6, 6.07) is 3.73. The average molecular weight is 364 g/mol. The van der Waals surface area contributed by atoms with Crippen LogP contribution in [0.1, 0.15) is 18.5 Å². The molecule has 1 aliphatic heterocycles. The highest BCUT2D eigenvalue weighted by Crippen LogP contribution is 2.42. The minimum absolute atomic E-state index is 0.402. The Kier molecular flexibility index (Phi) is 3.77. The highest BCUT2D eigenvalue weighted by Gasteiger charge is 2.28. The number of carboxylic acid groups (broad SMARTS) is 1. The van der Waals surface area contributed by atoms with E-state index in [0.717, 1.165) is 40.6 Å². The molecule has 1 atom stereocenters. The summed E-state index contributed by atoms with van der Waals surface area (Å²) in [6.45, 7) is 0.402. The molecule has 2 N–H and O–H groups in total. The quantitative estimate of drug-likeness (QED) is 0.709. The molecule has 0 spiro atoms. The van der Waals surface area contributed by atoms with Gasteiger partial charge < -0.3 is 9.67 Å². The monoisotopic (exact) mass is 363 g/mol. The smallest absolute Gasteiger partial charge is 0.308 e. The number of carboxylic acids is 1. The number of halogens is 2. The van der Waals surface area contributed by atoms with Crippen molar-refractivity contribution in [2.45, 2.75) is 25.8 Å². The van der Waals surface area contributed by atoms with Gasteiger partial charge in [0.15, 0.2) is 0 Å². The van der Waals surface area contributed by atoms with Crippen LogP contribution < -0.4 is 0 Å². The lowest BCUT2D eigenvalue weighted by Gasteiger charge is -2.13. The molecule has 124 valence electrons. The molecular weight excluding hydrogens is 349 g/mol. The summed E-state index contributed by atoms with van der Waals surface area (Å²) in [7, 11) is 0. The topological polar surface area (TPSA) is 70.9 Å². The molecule has 4 rings (SSSR count). The summed E-state index contributed by atoms with van der Waals surface area (Å²) in [5.41, 5.74) is 3.94. The van der Waals surface area contributed by atoms with Gasteiger partial charge in [-0.15, -0.1) is 0 Å². The number of aliphatic carboxylic acids is 1. The Morgan fingerprint density at radius 3 is 2.92 bits per heavy atom. The van der Waals surface area contributed by atoms with Crippen molar-refractivity contribution in [2.24, 2.45) is 5.92 Å². The Morgan fingerprint density at radius 2 is 2.21 bits per heavy atom. The third-order valence-electron chi connectivity index (χ3n) is 4.73. The van der Waals surface area contributed by atoms with Crippen LogP contribution in [0.4, 0.5) is 0 Å². The van der Waals surface area contributed by atoms with Gasteiger partial charge in [0.25, 0.3) is 0 Å². The number of nitrogens with zero attached hydrogens (tertiary/aromatic N) is 2. The van der Waals surface area contributed by atoms with Gasteiger partial charge in [-0.1, -0.05) is 29.3 Å². The number of aromatic amines is 1. The van der Waals surface area contributed by atoms with Crippen molar-refractivity contribution in [3.63, 3.8) is 0 Å². The Hall–Kier alpha value is -1.98. The van der Waals surface area contributed by atoms with Gasteiger partial charge in [0.1, 0.15) is 0 Å². The van der Waals surface area contributed by atoms with Gasteiger partial charge in [-0.25, -0.2) is 0 Å². The molecule has 0 radical (unpaired) electrons. The fourth-order valence-electron chi connectivity index (χ4n) is 3.63. The van der Waals surface area contributed by atoms with Gasteiger partial charge in [0.05, 0.1) is 27.7 Å². The van der Waals surface area contributed by atoms with E-state index in [2.05, 4.69) is 10.2 Å². The fraction of sp³-hybridized carbons (Fsp3) is 0.294. The number of rotatable bonds is 2. The molecule has 0 saturated carbocycles. The number of nitrogens with one attached hydrogen (secondary N) is 1. The number of hydrogen-bond acceptors (Lipinski definition) is 2. The highest BCUT2D eigenvalue weighted by molar-refractivity contribution is 6.45. The summed E-state index contributed by atoms with van der Waals surface area (Å²) in [4.78, 5) is 11.6. The fourth-order valence-corrected chi connectivity index (χ4v) is 4.05. The first-order valence-corrected chi connectivity index (χ1v) is 8.54. The van der Waals surface area contributed by atoms with E-state index in [9.17, 15) is 9.90 Å². The van der Waals surface area contributed by atoms with E-state index in [1.54, 1.807) is 12.3 Å². The maximum absolute atomic E-state index is 11.6. The first-order valence-electron chi connectivity index (χ1n) is 7.79. The number of benzene rings is 1. The van der Waals surface area contributed by atoms with Gasteiger partial charge in [-0.05, 0) is 25.3 Å². The minimum atomic E-state index is -0.771. The maximum atomic E-state index is 11.6. The number of aromatic nitrogens is 3. The number of carbonyl (C=O) groups is 1. The van der Waals surface area contributed by atoms with E-state index in [1.165, 1.54) is 0 Å². The second kappa shape index (κ2) is 5.83. The molecule has 0 amide bonds. The Balaban J connectivity index is 2.05. The number of hydrogen-bond donors (Lipinski definition) is 2. The maximum Gasteiger partial charge on any atom is 0.308 e. The summed E-state index contributed by atoms with van der Waals surface area (Å²) < 4.78 is 2.04. The molecule has 0 fully saturated rings. The third-order valence-corrected chi connectivity index (χ3v) is 5.52. The van der Waals surface area contributed by atoms with Crippen molar-refractivity contribution in [3.05, 3.63) is 40.3 Å². The molecule has 5 nitrogen and oxygen atoms in total. The molecule has 0 bridgehead atoms. The Bertz CT molecular complexity index is 931. The van der Waals surface area contributed by atoms with Crippen LogP contribution in [0.15, 0.2) is 24.5 Å². The predicted octanol–water partition coefficient (Wildman–Crippen LogP) is 4.38. The van der Waals surface area contributed by atoms with Gasteiger partial charge in [-0.2, -0.15) is 5.10 Å². The summed E-state index contributed by atoms with van der Waals surface area (Å²) in [6.07, 6.45) is 5.90. The molecule has 3 aromatic rings. The normalized spacial score (nSPS) is 17.7. The number of H-pyrrole nitrogens is 1. The van der Waals surface area contributed by atoms with Crippen LogP contribution in [-0.4, -0.2) is 25.8 Å². The van der Waals surface area contributed by atoms with Crippen molar-refractivity contribution < 1.29 is 9.90 Å². The van der Waals surface area contributed by atoms with Crippen LogP contribution in [-0.2, 0) is 17.8 Å². The zero-order chi connectivity index (χ0) is 16.8. The van der Waals surface area contributed by atoms with Gasteiger partial charge in [0.2, 0.25) is 0 Å². The van der Waals surface area contributed by atoms with Crippen LogP contribution in [0.5, 0.6) is 0 Å². The molecule has 0 saturated heterocycles. The van der Waals surface area contributed by atoms with Gasteiger partial charge in [-0.3, -0.25) is 9.89 Å². The largest absolute Gasteiger partial charge is 0.481 e. The SMILES string of the molecule is O=C(O)[C@H]1CCCc2c(-c3cn[nH]c3)c3ccc(Cl)c(Cl)c3n2C1. The lowest BCUT2D eigenvalue weighted by molar-refractivity contribution is -0.142. The predicted molar refractivity (Wildman–Crippen MR) is 93.6 cm³/mol. The average Bonchev–Trinajstić information content (AvgIpc) is 3.11. The van der Waals surface area contributed by atoms with Gasteiger partial charge in [0, 0.05) is 34.9 Å². The lowest BCUT2D eigenvalue weighted by Crippen LogP contribution is -2.18. The minimum Gasteiger partial charge on any atom is -0.481 e. The Labute approximate surface area is 148 Å². The molecule has 1 aliphatic rings. The van der Waals surface area contributed by atoms with Crippen LogP contribution in [0.2, 0.25) is 10.0 Å². The molecule has 2 aromatic heterocycles. The molecule has 0 aliphatic carbocycles. The van der Waals surface area contributed by atoms with Gasteiger partial charge >= 0.3 is 5.97 Å². The van der Waals surface area contributed by atoms with Crippen LogP contribution in [0.25, 0.3) is 22.0 Å². The molecule has 0 unspecified atom stereocenters. The second-order valence-corrected chi connectivity index (χ2v) is 6.89. The van der Waals surface area contributed by atoms with Crippen molar-refractivity contribution in [1.82, 2.24) is 14.8 Å². The summed E-state index contributed by atoms with van der Waals surface area (Å²) >= 11 is 12.7. The van der Waals surface area contributed by atoms with Crippen molar-refractivity contribution in [1.29, 1.82) is 0 Å². The molecule has 3 heterocycles. The number of fused-ring (bicyclic) bond motifs is 3. The highest BCUT2D eigenvalue weighted by atomic mass is 35.5. The summed E-state index contributed by atoms with van der Waals surface area (Å²) in [5.74, 6) is -1.19. The van der Waals surface area contributed by atoms with Crippen LogP contribution >= 0.6 is 23.2 Å². The molecule has 7 heteroatoms. The Morgan fingerprint density at radius 1 is 1.38 bits per heavy atom. The van der Waals surface area contributed by atoms with Crippen molar-refractivity contribution in [3.8, 4) is 11.1 Å². The molecule has 1 aromatic carbocycles. The molecule has 24 heavy (non-hydrogen) atoms. The standard InChI is InChI=1S/C17H15Cl2N3O2/c18-12-5-4-11-14(10-6-20-21-7-10)13-3-1-2-9(17(23)24)8-22(13)16(11)15(12)19/h4-7,9H,1-3,8H2,(H,20,21)(H,23,24)/t9-/m0/s1. The van der Waals surface area contributed by atoms with E-state index in [1.807, 2.05) is 16.8 Å².